The van der Waals surface area contributed by atoms with Crippen LogP contribution in [0.1, 0.15) is 5.82 Å². The molecule has 0 spiro atoms. The molecule has 1 aromatic carbocycles. The third kappa shape index (κ3) is 2.16. The topological polar surface area (TPSA) is 72.9 Å². The molecule has 0 aliphatic heterocycles. The highest BCUT2D eigenvalue weighted by molar-refractivity contribution is 5.90. The minimum Gasteiger partial charge on any atom is -0.368 e. The van der Waals surface area contributed by atoms with Gasteiger partial charge in [0, 0.05) is 31.9 Å². The number of imidazole rings is 1. The van der Waals surface area contributed by atoms with E-state index in [1.54, 1.807) is 6.20 Å². The van der Waals surface area contributed by atoms with Crippen LogP contribution in [0, 0.1) is 0 Å². The van der Waals surface area contributed by atoms with Gasteiger partial charge in [-0.25, -0.2) is 9.97 Å². The number of hydrogen-bond acceptors (Lipinski definition) is 5. The number of aromatic nitrogens is 4. The smallest absolute Gasteiger partial charge is 0.222 e. The standard InChI is InChI=1S/C14H16N6/c1-19-8-7-16-12(19)9-20(2)13-10-5-3-4-6-11(10)17-14(15)18-13/h3-8H,9H2,1-2H3,(H2,15,17,18). The fourth-order valence-electron chi connectivity index (χ4n) is 2.20. The van der Waals surface area contributed by atoms with Crippen LogP contribution in [0.15, 0.2) is 36.7 Å². The second kappa shape index (κ2) is 4.80. The molecule has 0 aliphatic carbocycles. The highest BCUT2D eigenvalue weighted by Gasteiger charge is 2.12. The number of fused-ring (bicyclic) bond motifs is 1. The zero-order chi connectivity index (χ0) is 14.1. The third-order valence-electron chi connectivity index (χ3n) is 3.26. The third-order valence-corrected chi connectivity index (χ3v) is 3.26. The van der Waals surface area contributed by atoms with Gasteiger partial charge in [-0.3, -0.25) is 0 Å². The number of benzene rings is 1. The number of para-hydroxylation sites is 1. The minimum absolute atomic E-state index is 0.283. The molecule has 3 aromatic rings. The molecule has 3 rings (SSSR count). The molecule has 0 saturated carbocycles. The summed E-state index contributed by atoms with van der Waals surface area (Å²) in [7, 11) is 3.95. The second-order valence-electron chi connectivity index (χ2n) is 4.73. The Morgan fingerprint density at radius 2 is 2.05 bits per heavy atom. The average molecular weight is 268 g/mol. The van der Waals surface area contributed by atoms with Crippen LogP contribution in [0.2, 0.25) is 0 Å². The summed E-state index contributed by atoms with van der Waals surface area (Å²) in [6.07, 6.45) is 3.71. The van der Waals surface area contributed by atoms with Crippen molar-refractivity contribution in [1.29, 1.82) is 0 Å². The van der Waals surface area contributed by atoms with Gasteiger partial charge in [0.2, 0.25) is 5.95 Å². The minimum atomic E-state index is 0.283. The number of nitrogens with two attached hydrogens (primary N) is 1. The summed E-state index contributed by atoms with van der Waals surface area (Å²) in [5, 5.41) is 0.985. The quantitative estimate of drug-likeness (QED) is 0.780. The van der Waals surface area contributed by atoms with Crippen molar-refractivity contribution in [2.75, 3.05) is 17.7 Å². The number of rotatable bonds is 3. The molecule has 0 unspecified atom stereocenters. The van der Waals surface area contributed by atoms with Gasteiger partial charge in [-0.1, -0.05) is 12.1 Å². The predicted octanol–water partition coefficient (Wildman–Crippen LogP) is 1.58. The van der Waals surface area contributed by atoms with E-state index in [0.29, 0.717) is 6.54 Å². The number of aryl methyl sites for hydroxylation is 1. The van der Waals surface area contributed by atoms with E-state index < -0.39 is 0 Å². The van der Waals surface area contributed by atoms with Crippen molar-refractivity contribution in [3.8, 4) is 0 Å². The van der Waals surface area contributed by atoms with Crippen molar-refractivity contribution in [3.05, 3.63) is 42.5 Å². The van der Waals surface area contributed by atoms with Crippen molar-refractivity contribution in [3.63, 3.8) is 0 Å². The summed E-state index contributed by atoms with van der Waals surface area (Å²) >= 11 is 0. The highest BCUT2D eigenvalue weighted by atomic mass is 15.2. The lowest BCUT2D eigenvalue weighted by molar-refractivity contribution is 0.757. The predicted molar refractivity (Wildman–Crippen MR) is 79.3 cm³/mol. The van der Waals surface area contributed by atoms with E-state index in [-0.39, 0.29) is 5.95 Å². The first kappa shape index (κ1) is 12.4. The Labute approximate surface area is 116 Å². The van der Waals surface area contributed by atoms with Gasteiger partial charge in [-0.2, -0.15) is 4.98 Å². The molecule has 2 N–H and O–H groups in total. The fraction of sp³-hybridized carbons (Fsp3) is 0.214. The zero-order valence-electron chi connectivity index (χ0n) is 11.5. The molecule has 0 saturated heterocycles. The Bertz CT molecular complexity index is 748. The molecule has 0 atom stereocenters. The van der Waals surface area contributed by atoms with Crippen molar-refractivity contribution < 1.29 is 0 Å². The first-order valence-electron chi connectivity index (χ1n) is 6.35. The van der Waals surface area contributed by atoms with E-state index >= 15 is 0 Å². The summed E-state index contributed by atoms with van der Waals surface area (Å²) in [5.41, 5.74) is 6.64. The Kier molecular flexibility index (Phi) is 2.98. The van der Waals surface area contributed by atoms with Crippen LogP contribution in [0.4, 0.5) is 11.8 Å². The summed E-state index contributed by atoms with van der Waals surface area (Å²) in [6, 6.07) is 7.85. The summed E-state index contributed by atoms with van der Waals surface area (Å²) in [6.45, 7) is 0.657. The summed E-state index contributed by atoms with van der Waals surface area (Å²) < 4.78 is 1.99. The normalized spacial score (nSPS) is 10.9. The number of hydrogen-bond donors (Lipinski definition) is 1. The van der Waals surface area contributed by atoms with E-state index in [0.717, 1.165) is 22.5 Å². The van der Waals surface area contributed by atoms with Crippen LogP contribution in [0.5, 0.6) is 0 Å². The van der Waals surface area contributed by atoms with Gasteiger partial charge in [0.15, 0.2) is 0 Å². The summed E-state index contributed by atoms with van der Waals surface area (Å²) in [5.74, 6) is 2.07. The van der Waals surface area contributed by atoms with Gasteiger partial charge < -0.3 is 15.2 Å². The maximum Gasteiger partial charge on any atom is 0.222 e. The van der Waals surface area contributed by atoms with E-state index in [1.165, 1.54) is 0 Å². The molecule has 6 nitrogen and oxygen atoms in total. The van der Waals surface area contributed by atoms with Crippen molar-refractivity contribution in [1.82, 2.24) is 19.5 Å². The Morgan fingerprint density at radius 3 is 2.80 bits per heavy atom. The Balaban J connectivity index is 2.03. The van der Waals surface area contributed by atoms with Crippen molar-refractivity contribution in [2.24, 2.45) is 7.05 Å². The highest BCUT2D eigenvalue weighted by Crippen LogP contribution is 2.24. The maximum absolute atomic E-state index is 5.80. The first-order valence-corrected chi connectivity index (χ1v) is 6.35. The van der Waals surface area contributed by atoms with Gasteiger partial charge >= 0.3 is 0 Å². The monoisotopic (exact) mass is 268 g/mol. The molecule has 20 heavy (non-hydrogen) atoms. The van der Waals surface area contributed by atoms with Gasteiger partial charge in [0.25, 0.3) is 0 Å². The van der Waals surface area contributed by atoms with E-state index in [4.69, 9.17) is 5.73 Å². The molecular weight excluding hydrogens is 252 g/mol. The van der Waals surface area contributed by atoms with Crippen LogP contribution in [0.3, 0.4) is 0 Å². The zero-order valence-corrected chi connectivity index (χ0v) is 11.5. The number of anilines is 2. The molecule has 6 heteroatoms. The van der Waals surface area contributed by atoms with Crippen molar-refractivity contribution >= 4 is 22.7 Å². The molecule has 0 aliphatic rings. The number of nitrogen functional groups attached to an aromatic ring is 1. The molecule has 2 heterocycles. The van der Waals surface area contributed by atoms with E-state index in [2.05, 4.69) is 15.0 Å². The Morgan fingerprint density at radius 1 is 1.25 bits per heavy atom. The summed E-state index contributed by atoms with van der Waals surface area (Å²) in [4.78, 5) is 15.0. The molecular formula is C14H16N6. The van der Waals surface area contributed by atoms with E-state index in [9.17, 15) is 0 Å². The van der Waals surface area contributed by atoms with Crippen molar-refractivity contribution in [2.45, 2.75) is 6.54 Å². The second-order valence-corrected chi connectivity index (χ2v) is 4.73. The fourth-order valence-corrected chi connectivity index (χ4v) is 2.20. The van der Waals surface area contributed by atoms with Gasteiger partial charge in [0.1, 0.15) is 11.6 Å². The number of nitrogens with zero attached hydrogens (tertiary/aromatic N) is 5. The molecule has 0 radical (unpaired) electrons. The van der Waals surface area contributed by atoms with Crippen LogP contribution >= 0.6 is 0 Å². The lowest BCUT2D eigenvalue weighted by atomic mass is 10.2. The van der Waals surface area contributed by atoms with Crippen LogP contribution in [-0.4, -0.2) is 26.6 Å². The van der Waals surface area contributed by atoms with Crippen LogP contribution in [0.25, 0.3) is 10.9 Å². The molecule has 0 fully saturated rings. The lowest BCUT2D eigenvalue weighted by Crippen LogP contribution is -2.21. The first-order chi connectivity index (χ1) is 9.65. The Hall–Kier alpha value is -2.63. The molecule has 0 amide bonds. The maximum atomic E-state index is 5.80. The van der Waals surface area contributed by atoms with Crippen LogP contribution < -0.4 is 10.6 Å². The van der Waals surface area contributed by atoms with E-state index in [1.807, 2.05) is 54.0 Å². The molecule has 102 valence electrons. The largest absolute Gasteiger partial charge is 0.368 e. The van der Waals surface area contributed by atoms with Crippen LogP contribution in [-0.2, 0) is 13.6 Å². The average Bonchev–Trinajstić information content (AvgIpc) is 2.83. The van der Waals surface area contributed by atoms with Gasteiger partial charge in [0.05, 0.1) is 12.1 Å². The molecule has 0 bridgehead atoms. The van der Waals surface area contributed by atoms with Gasteiger partial charge in [-0.15, -0.1) is 0 Å². The van der Waals surface area contributed by atoms with Gasteiger partial charge in [-0.05, 0) is 12.1 Å². The SMILES string of the molecule is CN(Cc1nccn1C)c1nc(N)nc2ccccc12. The molecule has 2 aromatic heterocycles. The lowest BCUT2D eigenvalue weighted by Gasteiger charge is -2.19.